The van der Waals surface area contributed by atoms with E-state index in [2.05, 4.69) is 5.32 Å². The van der Waals surface area contributed by atoms with Gasteiger partial charge in [0.05, 0.1) is 19.3 Å². The van der Waals surface area contributed by atoms with Crippen LogP contribution in [0.15, 0.2) is 24.3 Å². The first-order chi connectivity index (χ1) is 10.7. The molecular formula is C17H26FNO3. The zero-order valence-electron chi connectivity index (χ0n) is 13.0. The fourth-order valence-electron chi connectivity index (χ4n) is 2.64. The summed E-state index contributed by atoms with van der Waals surface area (Å²) in [4.78, 5) is 0. The minimum atomic E-state index is -0.493. The van der Waals surface area contributed by atoms with Crippen LogP contribution in [0.3, 0.4) is 0 Å². The summed E-state index contributed by atoms with van der Waals surface area (Å²) < 4.78 is 23.5. The molecule has 1 aromatic carbocycles. The molecule has 1 atom stereocenters. The summed E-state index contributed by atoms with van der Waals surface area (Å²) in [6.45, 7) is 1.66. The SMILES string of the molecule is O[C@H](CNC1CCCCC1)COCCOc1ccc(F)cc1. The van der Waals surface area contributed by atoms with E-state index in [9.17, 15) is 9.50 Å². The number of halogens is 1. The number of hydrogen-bond acceptors (Lipinski definition) is 4. The third kappa shape index (κ3) is 6.73. The van der Waals surface area contributed by atoms with Crippen LogP contribution in [0.4, 0.5) is 4.39 Å². The first kappa shape index (κ1) is 17.2. The highest BCUT2D eigenvalue weighted by molar-refractivity contribution is 5.21. The molecule has 1 fully saturated rings. The van der Waals surface area contributed by atoms with Gasteiger partial charge in [-0.3, -0.25) is 0 Å². The number of ether oxygens (including phenoxy) is 2. The van der Waals surface area contributed by atoms with Crippen LogP contribution in [0.2, 0.25) is 0 Å². The Balaban J connectivity index is 1.48. The lowest BCUT2D eigenvalue weighted by Crippen LogP contribution is -2.38. The van der Waals surface area contributed by atoms with Crippen LogP contribution in [-0.2, 0) is 4.74 Å². The van der Waals surface area contributed by atoms with Gasteiger partial charge in [0.25, 0.3) is 0 Å². The van der Waals surface area contributed by atoms with Crippen LogP contribution < -0.4 is 10.1 Å². The van der Waals surface area contributed by atoms with Crippen molar-refractivity contribution in [3.63, 3.8) is 0 Å². The second-order valence-electron chi connectivity index (χ2n) is 5.77. The molecule has 1 aromatic rings. The molecule has 0 amide bonds. The Morgan fingerprint density at radius 3 is 2.59 bits per heavy atom. The van der Waals surface area contributed by atoms with Crippen molar-refractivity contribution in [2.45, 2.75) is 44.2 Å². The molecule has 124 valence electrons. The summed E-state index contributed by atoms with van der Waals surface area (Å²) in [5, 5.41) is 13.3. The third-order valence-electron chi connectivity index (χ3n) is 3.87. The normalized spacial score (nSPS) is 17.4. The zero-order valence-corrected chi connectivity index (χ0v) is 13.0. The summed E-state index contributed by atoms with van der Waals surface area (Å²) in [5.74, 6) is 0.335. The van der Waals surface area contributed by atoms with Crippen molar-refractivity contribution in [1.82, 2.24) is 5.32 Å². The molecule has 0 saturated heterocycles. The number of benzene rings is 1. The van der Waals surface area contributed by atoms with Crippen molar-refractivity contribution in [3.8, 4) is 5.75 Å². The largest absolute Gasteiger partial charge is 0.491 e. The Morgan fingerprint density at radius 1 is 1.14 bits per heavy atom. The van der Waals surface area contributed by atoms with Crippen LogP contribution >= 0.6 is 0 Å². The fraction of sp³-hybridized carbons (Fsp3) is 0.647. The molecule has 0 radical (unpaired) electrons. The molecule has 2 rings (SSSR count). The average Bonchev–Trinajstić information content (AvgIpc) is 2.55. The molecule has 1 aliphatic carbocycles. The van der Waals surface area contributed by atoms with E-state index in [0.29, 0.717) is 38.2 Å². The minimum Gasteiger partial charge on any atom is -0.491 e. The van der Waals surface area contributed by atoms with Gasteiger partial charge in [-0.05, 0) is 37.1 Å². The Hall–Kier alpha value is -1.17. The molecule has 1 aliphatic rings. The number of nitrogens with one attached hydrogen (secondary N) is 1. The number of aliphatic hydroxyl groups is 1. The summed E-state index contributed by atoms with van der Waals surface area (Å²) in [6, 6.07) is 6.43. The van der Waals surface area contributed by atoms with Crippen molar-refractivity contribution in [3.05, 3.63) is 30.1 Å². The molecule has 0 aromatic heterocycles. The van der Waals surface area contributed by atoms with Crippen LogP contribution in [0.25, 0.3) is 0 Å². The van der Waals surface area contributed by atoms with E-state index in [4.69, 9.17) is 9.47 Å². The molecule has 0 spiro atoms. The third-order valence-corrected chi connectivity index (χ3v) is 3.87. The zero-order chi connectivity index (χ0) is 15.6. The van der Waals surface area contributed by atoms with Crippen molar-refractivity contribution >= 4 is 0 Å². The van der Waals surface area contributed by atoms with E-state index in [1.165, 1.54) is 44.2 Å². The van der Waals surface area contributed by atoms with Gasteiger partial charge in [-0.15, -0.1) is 0 Å². The van der Waals surface area contributed by atoms with E-state index >= 15 is 0 Å². The van der Waals surface area contributed by atoms with E-state index < -0.39 is 6.10 Å². The maximum atomic E-state index is 12.7. The number of hydrogen-bond donors (Lipinski definition) is 2. The van der Waals surface area contributed by atoms with Gasteiger partial charge in [0.2, 0.25) is 0 Å². The van der Waals surface area contributed by atoms with Crippen LogP contribution in [-0.4, -0.2) is 43.6 Å². The lowest BCUT2D eigenvalue weighted by molar-refractivity contribution is 0.0235. The topological polar surface area (TPSA) is 50.7 Å². The molecule has 0 heterocycles. The molecule has 0 bridgehead atoms. The molecule has 4 nitrogen and oxygen atoms in total. The summed E-state index contributed by atoms with van der Waals surface area (Å²) in [5.41, 5.74) is 0. The van der Waals surface area contributed by atoms with E-state index in [1.54, 1.807) is 12.1 Å². The Labute approximate surface area is 131 Å². The highest BCUT2D eigenvalue weighted by atomic mass is 19.1. The smallest absolute Gasteiger partial charge is 0.123 e. The fourth-order valence-corrected chi connectivity index (χ4v) is 2.64. The van der Waals surface area contributed by atoms with E-state index in [0.717, 1.165) is 0 Å². The van der Waals surface area contributed by atoms with Gasteiger partial charge in [0.15, 0.2) is 0 Å². The predicted octanol–water partition coefficient (Wildman–Crippen LogP) is 2.50. The van der Waals surface area contributed by atoms with Crippen molar-refractivity contribution < 1.29 is 19.0 Å². The maximum absolute atomic E-state index is 12.7. The molecule has 1 saturated carbocycles. The molecule has 0 unspecified atom stereocenters. The number of rotatable bonds is 9. The Morgan fingerprint density at radius 2 is 1.86 bits per heavy atom. The Kier molecular flexibility index (Phi) is 7.63. The van der Waals surface area contributed by atoms with Crippen LogP contribution in [0, 0.1) is 5.82 Å². The predicted molar refractivity (Wildman–Crippen MR) is 83.6 cm³/mol. The minimum absolute atomic E-state index is 0.280. The first-order valence-corrected chi connectivity index (χ1v) is 8.11. The summed E-state index contributed by atoms with van der Waals surface area (Å²) >= 11 is 0. The molecule has 0 aliphatic heterocycles. The standard InChI is InChI=1S/C17H26FNO3/c18-14-6-8-17(9-7-14)22-11-10-21-13-16(20)12-19-15-4-2-1-3-5-15/h6-9,15-16,19-20H,1-5,10-13H2/t16-/m1/s1. The van der Waals surface area contributed by atoms with Gasteiger partial charge in [0.1, 0.15) is 18.2 Å². The summed E-state index contributed by atoms with van der Waals surface area (Å²) in [7, 11) is 0. The van der Waals surface area contributed by atoms with Crippen LogP contribution in [0.5, 0.6) is 5.75 Å². The molecule has 2 N–H and O–H groups in total. The molecule has 5 heteroatoms. The van der Waals surface area contributed by atoms with Crippen molar-refractivity contribution in [1.29, 1.82) is 0 Å². The monoisotopic (exact) mass is 311 g/mol. The lowest BCUT2D eigenvalue weighted by Gasteiger charge is -2.24. The maximum Gasteiger partial charge on any atom is 0.123 e. The van der Waals surface area contributed by atoms with Crippen molar-refractivity contribution in [2.75, 3.05) is 26.4 Å². The average molecular weight is 311 g/mol. The summed E-state index contributed by atoms with van der Waals surface area (Å²) in [6.07, 6.45) is 5.82. The highest BCUT2D eigenvalue weighted by Gasteiger charge is 2.14. The van der Waals surface area contributed by atoms with Gasteiger partial charge < -0.3 is 19.9 Å². The van der Waals surface area contributed by atoms with E-state index in [-0.39, 0.29) is 5.82 Å². The van der Waals surface area contributed by atoms with Gasteiger partial charge in [-0.2, -0.15) is 0 Å². The molecular weight excluding hydrogens is 285 g/mol. The second-order valence-corrected chi connectivity index (χ2v) is 5.77. The Bertz CT molecular complexity index is 407. The number of aliphatic hydroxyl groups excluding tert-OH is 1. The second kappa shape index (κ2) is 9.77. The van der Waals surface area contributed by atoms with Crippen LogP contribution in [0.1, 0.15) is 32.1 Å². The highest BCUT2D eigenvalue weighted by Crippen LogP contribution is 2.17. The van der Waals surface area contributed by atoms with Gasteiger partial charge in [-0.25, -0.2) is 4.39 Å². The first-order valence-electron chi connectivity index (χ1n) is 8.11. The van der Waals surface area contributed by atoms with Gasteiger partial charge in [-0.1, -0.05) is 19.3 Å². The van der Waals surface area contributed by atoms with E-state index in [1.807, 2.05) is 0 Å². The van der Waals surface area contributed by atoms with Gasteiger partial charge in [0, 0.05) is 12.6 Å². The lowest BCUT2D eigenvalue weighted by atomic mass is 9.95. The van der Waals surface area contributed by atoms with Gasteiger partial charge >= 0.3 is 0 Å². The van der Waals surface area contributed by atoms with Crippen molar-refractivity contribution in [2.24, 2.45) is 0 Å². The molecule has 22 heavy (non-hydrogen) atoms. The quantitative estimate of drug-likeness (QED) is 0.688.